The third-order valence-corrected chi connectivity index (χ3v) is 5.23. The number of hydrogen-bond donors (Lipinski definition) is 1. The van der Waals surface area contributed by atoms with Crippen molar-refractivity contribution in [2.24, 2.45) is 5.92 Å². The number of carboxylic acid groups (broad SMARTS) is 1. The van der Waals surface area contributed by atoms with Gasteiger partial charge in [-0.1, -0.05) is 13.8 Å². The van der Waals surface area contributed by atoms with E-state index in [-0.39, 0.29) is 17.3 Å². The van der Waals surface area contributed by atoms with E-state index in [4.69, 9.17) is 5.11 Å². The number of carbonyl (C=O) groups excluding carboxylic acids is 1. The Morgan fingerprint density at radius 2 is 2.00 bits per heavy atom. The van der Waals surface area contributed by atoms with Crippen LogP contribution >= 0.6 is 0 Å². The van der Waals surface area contributed by atoms with Crippen molar-refractivity contribution in [3.05, 3.63) is 33.9 Å². The van der Waals surface area contributed by atoms with E-state index in [2.05, 4.69) is 6.92 Å². The number of piperidine rings is 1. The van der Waals surface area contributed by atoms with Crippen LogP contribution in [0.1, 0.15) is 50.4 Å². The van der Waals surface area contributed by atoms with E-state index in [0.29, 0.717) is 18.0 Å². The predicted octanol–water partition coefficient (Wildman–Crippen LogP) is 3.16. The number of nitro groups is 1. The normalized spacial score (nSPS) is 16.0. The Bertz CT molecular complexity index is 713. The second-order valence-corrected chi connectivity index (χ2v) is 7.21. The van der Waals surface area contributed by atoms with Gasteiger partial charge >= 0.3 is 5.97 Å². The van der Waals surface area contributed by atoms with Gasteiger partial charge in [0.05, 0.1) is 4.92 Å². The number of anilines is 1. The molecule has 8 nitrogen and oxygen atoms in total. The first-order chi connectivity index (χ1) is 12.7. The Labute approximate surface area is 158 Å². The molecule has 1 unspecified atom stereocenters. The Balaban J connectivity index is 2.34. The summed E-state index contributed by atoms with van der Waals surface area (Å²) in [6.07, 6.45) is 2.53. The summed E-state index contributed by atoms with van der Waals surface area (Å²) in [5, 5.41) is 20.7. The largest absolute Gasteiger partial charge is 0.480 e. The number of nitrogens with zero attached hydrogens (tertiary/aromatic N) is 3. The molecule has 0 aromatic heterocycles. The molecule has 8 heteroatoms. The highest BCUT2D eigenvalue weighted by Crippen LogP contribution is 2.32. The zero-order chi connectivity index (χ0) is 20.1. The van der Waals surface area contributed by atoms with Crippen molar-refractivity contribution in [2.45, 2.75) is 46.1 Å². The maximum atomic E-state index is 12.8. The SMILES string of the molecule is CCC(C)N(CC(=O)O)C(=O)c1ccc(N2CCC(C)CC2)c([N+](=O)[O-])c1. The van der Waals surface area contributed by atoms with Gasteiger partial charge < -0.3 is 14.9 Å². The lowest BCUT2D eigenvalue weighted by molar-refractivity contribution is -0.384. The molecule has 1 amide bonds. The van der Waals surface area contributed by atoms with Crippen molar-refractivity contribution in [2.75, 3.05) is 24.5 Å². The molecule has 1 fully saturated rings. The fourth-order valence-corrected chi connectivity index (χ4v) is 3.28. The van der Waals surface area contributed by atoms with Crippen molar-refractivity contribution in [3.63, 3.8) is 0 Å². The number of rotatable bonds is 7. The lowest BCUT2D eigenvalue weighted by Crippen LogP contribution is -2.41. The molecule has 0 radical (unpaired) electrons. The van der Waals surface area contributed by atoms with Crippen LogP contribution in [0.15, 0.2) is 18.2 Å². The van der Waals surface area contributed by atoms with Crippen molar-refractivity contribution in [1.29, 1.82) is 0 Å². The molecule has 1 N–H and O–H groups in total. The standard InChI is InChI=1S/C19H27N3O5/c1-4-14(3)21(12-18(23)24)19(25)15-5-6-16(17(11-15)22(26)27)20-9-7-13(2)8-10-20/h5-6,11,13-14H,4,7-10,12H2,1-3H3,(H,23,24). The van der Waals surface area contributed by atoms with Crippen LogP contribution in [0.25, 0.3) is 0 Å². The molecule has 0 saturated carbocycles. The Morgan fingerprint density at radius 1 is 1.37 bits per heavy atom. The van der Waals surface area contributed by atoms with Gasteiger partial charge in [0.2, 0.25) is 0 Å². The summed E-state index contributed by atoms with van der Waals surface area (Å²) < 4.78 is 0. The van der Waals surface area contributed by atoms with Crippen LogP contribution in [0.4, 0.5) is 11.4 Å². The van der Waals surface area contributed by atoms with Gasteiger partial charge in [-0.05, 0) is 44.2 Å². The van der Waals surface area contributed by atoms with Gasteiger partial charge in [-0.25, -0.2) is 0 Å². The number of nitro benzene ring substituents is 1. The lowest BCUT2D eigenvalue weighted by atomic mass is 9.98. The lowest BCUT2D eigenvalue weighted by Gasteiger charge is -2.32. The third kappa shape index (κ3) is 4.96. The number of benzene rings is 1. The van der Waals surface area contributed by atoms with Gasteiger partial charge in [0.15, 0.2) is 0 Å². The topological polar surface area (TPSA) is 104 Å². The van der Waals surface area contributed by atoms with Crippen molar-refractivity contribution in [3.8, 4) is 0 Å². The zero-order valence-electron chi connectivity index (χ0n) is 16.1. The van der Waals surface area contributed by atoms with E-state index in [0.717, 1.165) is 25.9 Å². The smallest absolute Gasteiger partial charge is 0.323 e. The number of aliphatic carboxylic acids is 1. The average Bonchev–Trinajstić information content (AvgIpc) is 2.65. The summed E-state index contributed by atoms with van der Waals surface area (Å²) >= 11 is 0. The van der Waals surface area contributed by atoms with Crippen molar-refractivity contribution in [1.82, 2.24) is 4.90 Å². The van der Waals surface area contributed by atoms with E-state index in [1.54, 1.807) is 19.1 Å². The molecule has 1 saturated heterocycles. The highest BCUT2D eigenvalue weighted by atomic mass is 16.6. The second-order valence-electron chi connectivity index (χ2n) is 7.21. The fourth-order valence-electron chi connectivity index (χ4n) is 3.28. The van der Waals surface area contributed by atoms with Crippen molar-refractivity contribution < 1.29 is 19.6 Å². The van der Waals surface area contributed by atoms with Crippen LogP contribution in [0.5, 0.6) is 0 Å². The Hall–Kier alpha value is -2.64. The molecule has 2 rings (SSSR count). The molecule has 0 aliphatic carbocycles. The maximum absolute atomic E-state index is 12.8. The van der Waals surface area contributed by atoms with E-state index < -0.39 is 23.3 Å². The summed E-state index contributed by atoms with van der Waals surface area (Å²) in [6, 6.07) is 4.15. The number of carbonyl (C=O) groups is 2. The number of carboxylic acids is 1. The molecule has 1 aliphatic heterocycles. The summed E-state index contributed by atoms with van der Waals surface area (Å²) in [7, 11) is 0. The summed E-state index contributed by atoms with van der Waals surface area (Å²) in [4.78, 5) is 38.3. The average molecular weight is 377 g/mol. The maximum Gasteiger partial charge on any atom is 0.323 e. The van der Waals surface area contributed by atoms with Crippen LogP contribution in [0.2, 0.25) is 0 Å². The summed E-state index contributed by atoms with van der Waals surface area (Å²) in [5.74, 6) is -1.02. The molecular weight excluding hydrogens is 350 g/mol. The first kappa shape index (κ1) is 20.7. The van der Waals surface area contributed by atoms with Gasteiger partial charge in [-0.15, -0.1) is 0 Å². The molecule has 27 heavy (non-hydrogen) atoms. The summed E-state index contributed by atoms with van der Waals surface area (Å²) in [6.45, 7) is 6.84. The zero-order valence-corrected chi connectivity index (χ0v) is 16.1. The van der Waals surface area contributed by atoms with Gasteiger partial charge in [0.1, 0.15) is 12.2 Å². The minimum atomic E-state index is -1.11. The van der Waals surface area contributed by atoms with Crippen molar-refractivity contribution >= 4 is 23.3 Å². The quantitative estimate of drug-likeness (QED) is 0.578. The van der Waals surface area contributed by atoms with Crippen LogP contribution in [-0.2, 0) is 4.79 Å². The van der Waals surface area contributed by atoms with Gasteiger partial charge in [0, 0.05) is 30.8 Å². The first-order valence-electron chi connectivity index (χ1n) is 9.30. The monoisotopic (exact) mass is 377 g/mol. The molecule has 1 heterocycles. The molecule has 0 bridgehead atoms. The van der Waals surface area contributed by atoms with Crippen LogP contribution in [0.3, 0.4) is 0 Å². The molecule has 1 aromatic rings. The van der Waals surface area contributed by atoms with Crippen LogP contribution in [0, 0.1) is 16.0 Å². The van der Waals surface area contributed by atoms with E-state index in [1.165, 1.54) is 11.0 Å². The Morgan fingerprint density at radius 3 is 2.52 bits per heavy atom. The minimum absolute atomic E-state index is 0.116. The predicted molar refractivity (Wildman–Crippen MR) is 102 cm³/mol. The fraction of sp³-hybridized carbons (Fsp3) is 0.579. The van der Waals surface area contributed by atoms with Crippen LogP contribution < -0.4 is 4.90 Å². The molecule has 0 spiro atoms. The molecule has 148 valence electrons. The van der Waals surface area contributed by atoms with E-state index >= 15 is 0 Å². The number of amides is 1. The van der Waals surface area contributed by atoms with E-state index in [1.807, 2.05) is 11.8 Å². The van der Waals surface area contributed by atoms with Gasteiger partial charge in [0.25, 0.3) is 11.6 Å². The third-order valence-electron chi connectivity index (χ3n) is 5.23. The molecular formula is C19H27N3O5. The second kappa shape index (κ2) is 8.83. The Kier molecular flexibility index (Phi) is 6.76. The van der Waals surface area contributed by atoms with E-state index in [9.17, 15) is 19.7 Å². The minimum Gasteiger partial charge on any atom is -0.480 e. The molecule has 1 aliphatic rings. The van der Waals surface area contributed by atoms with Crippen LogP contribution in [-0.4, -0.2) is 52.5 Å². The number of hydrogen-bond acceptors (Lipinski definition) is 5. The highest BCUT2D eigenvalue weighted by molar-refractivity contribution is 5.97. The highest BCUT2D eigenvalue weighted by Gasteiger charge is 2.28. The first-order valence-corrected chi connectivity index (χ1v) is 9.30. The van der Waals surface area contributed by atoms with Gasteiger partial charge in [-0.3, -0.25) is 19.7 Å². The van der Waals surface area contributed by atoms with Gasteiger partial charge in [-0.2, -0.15) is 0 Å². The molecule has 1 aromatic carbocycles. The summed E-state index contributed by atoms with van der Waals surface area (Å²) in [5.41, 5.74) is 0.531. The molecule has 1 atom stereocenters.